The molecule has 84 heavy (non-hydrogen) atoms. The van der Waals surface area contributed by atoms with E-state index in [1.54, 1.807) is 0 Å². The van der Waals surface area contributed by atoms with Crippen LogP contribution >= 0.6 is 0 Å². The Hall–Kier alpha value is -8.40. The lowest BCUT2D eigenvalue weighted by molar-refractivity contribution is -0.141. The lowest BCUT2D eigenvalue weighted by Gasteiger charge is -2.37. The van der Waals surface area contributed by atoms with Gasteiger partial charge in [-0.05, 0) is 77.0 Å². The summed E-state index contributed by atoms with van der Waals surface area (Å²) in [4.78, 5) is 200. The number of carboxylic acids is 11. The molecule has 0 atom stereocenters. The minimum Gasteiger partial charge on any atom is -0.481 e. The maximum Gasteiger partial charge on any atom is 0.303 e. The molecule has 5 amide bonds. The molecule has 0 aliphatic rings. The first kappa shape index (κ1) is 75.6. The van der Waals surface area contributed by atoms with E-state index < -0.39 is 291 Å². The molecule has 0 radical (unpaired) electrons. The third-order valence-electron chi connectivity index (χ3n) is 13.6. The second kappa shape index (κ2) is 37.7. The summed E-state index contributed by atoms with van der Waals surface area (Å²) in [5.74, 6) is -21.1. The number of hydrogen-bond acceptors (Lipinski definition) is 19. The van der Waals surface area contributed by atoms with Crippen LogP contribution in [0.5, 0.6) is 0 Å². The van der Waals surface area contributed by atoms with E-state index >= 15 is 0 Å². The molecule has 0 rings (SSSR count). The van der Waals surface area contributed by atoms with E-state index in [-0.39, 0.29) is 19.3 Å². The van der Waals surface area contributed by atoms with E-state index in [2.05, 4.69) is 16.0 Å². The van der Waals surface area contributed by atoms with Crippen molar-refractivity contribution in [2.24, 2.45) is 5.73 Å². The second-order valence-corrected chi connectivity index (χ2v) is 20.6. The van der Waals surface area contributed by atoms with Crippen LogP contribution < -0.4 is 27.0 Å². The lowest BCUT2D eigenvalue weighted by atomic mass is 9.83. The number of nitrogens with zero attached hydrogens (tertiary/aromatic N) is 2. The van der Waals surface area contributed by atoms with Gasteiger partial charge in [0.2, 0.25) is 29.5 Å². The van der Waals surface area contributed by atoms with Crippen LogP contribution in [0.2, 0.25) is 0 Å². The van der Waals surface area contributed by atoms with Crippen molar-refractivity contribution in [2.45, 2.75) is 176 Å². The third kappa shape index (κ3) is 36.1. The van der Waals surface area contributed by atoms with Crippen molar-refractivity contribution in [3.8, 4) is 0 Å². The van der Waals surface area contributed by atoms with E-state index in [4.69, 9.17) is 5.73 Å². The van der Waals surface area contributed by atoms with Gasteiger partial charge in [-0.2, -0.15) is 0 Å². The number of hydrogen-bond donors (Lipinski definition) is 16. The number of imide groups is 1. The van der Waals surface area contributed by atoms with E-state index in [1.807, 2.05) is 5.32 Å². The van der Waals surface area contributed by atoms with Crippen molar-refractivity contribution in [2.75, 3.05) is 39.3 Å². The highest BCUT2D eigenvalue weighted by atomic mass is 16.4. The topological polar surface area (TPSA) is 576 Å². The summed E-state index contributed by atoms with van der Waals surface area (Å²) in [7, 11) is 0. The molecular formula is C50H77N7O27. The Labute approximate surface area is 479 Å². The van der Waals surface area contributed by atoms with E-state index in [1.165, 1.54) is 0 Å². The third-order valence-corrected chi connectivity index (χ3v) is 13.6. The summed E-state index contributed by atoms with van der Waals surface area (Å²) in [5, 5.41) is 114. The normalized spacial score (nSPS) is 11.7. The Morgan fingerprint density at radius 3 is 0.643 bits per heavy atom. The Bertz CT molecular complexity index is 2150. The molecule has 0 aromatic carbocycles. The number of nitrogens with one attached hydrogen (secondary N) is 4. The number of carbonyl (C=O) groups excluding carboxylic acids is 5. The highest BCUT2D eigenvalue weighted by molar-refractivity contribution is 5.96. The van der Waals surface area contributed by atoms with Crippen LogP contribution in [-0.2, 0) is 76.7 Å². The van der Waals surface area contributed by atoms with Gasteiger partial charge in [-0.25, -0.2) is 0 Å². The van der Waals surface area contributed by atoms with Crippen LogP contribution in [0.4, 0.5) is 0 Å². The van der Waals surface area contributed by atoms with Gasteiger partial charge >= 0.3 is 65.7 Å². The molecule has 0 aromatic rings. The van der Waals surface area contributed by atoms with Crippen LogP contribution in [0.1, 0.15) is 154 Å². The molecule has 474 valence electrons. The van der Waals surface area contributed by atoms with Crippen molar-refractivity contribution in [3.63, 3.8) is 0 Å². The highest BCUT2D eigenvalue weighted by Crippen LogP contribution is 2.29. The first-order chi connectivity index (χ1) is 38.9. The van der Waals surface area contributed by atoms with Crippen molar-refractivity contribution < 1.29 is 133 Å². The summed E-state index contributed by atoms with van der Waals surface area (Å²) >= 11 is 0. The van der Waals surface area contributed by atoms with Crippen molar-refractivity contribution in [1.29, 1.82) is 0 Å². The Kier molecular flexibility index (Phi) is 33.9. The average Bonchev–Trinajstić information content (AvgIpc) is 3.37. The standard InChI is InChI=1S/C50H77N7O27/c51-47(14-2-36(63)64,15-3-37(65)66)13-1-31(58)52-32(59)27-56(28-33(60)53-48(16-4-38(67)68,17-5-39(69)70)18-6-40(71)72)25-26-57(29-34(61)54-49(19-7-41(73)74,20-8-42(75)76)21-9-43(77)78)30-35(62)55-50(22-10-44(79)80,23-11-45(81)82)24-12-46(83)84/h1-30,51H2,(H,53,60)(H,54,61)(H,55,62)(H,63,64)(H,65,66)(H,67,68)(H,69,70)(H,71,72)(H,73,74)(H,75,76)(H,77,78)(H,79,80)(H,81,82)(H,83,84)(H,52,58,59). The van der Waals surface area contributed by atoms with E-state index in [0.717, 1.165) is 9.80 Å². The van der Waals surface area contributed by atoms with Crippen molar-refractivity contribution >= 4 is 95.2 Å². The molecule has 0 unspecified atom stereocenters. The molecule has 0 saturated carbocycles. The number of carboxylic acid groups (broad SMARTS) is 11. The van der Waals surface area contributed by atoms with Gasteiger partial charge in [-0.1, -0.05) is 0 Å². The molecule has 0 saturated heterocycles. The first-order valence-corrected chi connectivity index (χ1v) is 26.3. The molecule has 0 aliphatic heterocycles. The van der Waals surface area contributed by atoms with Crippen LogP contribution in [0.25, 0.3) is 0 Å². The van der Waals surface area contributed by atoms with Gasteiger partial charge in [0.05, 0.1) is 26.2 Å². The summed E-state index contributed by atoms with van der Waals surface area (Å²) in [6.45, 7) is -5.21. The molecule has 0 heterocycles. The fourth-order valence-electron chi connectivity index (χ4n) is 9.04. The number of nitrogens with two attached hydrogens (primary N) is 1. The zero-order chi connectivity index (χ0) is 64.4. The summed E-state index contributed by atoms with van der Waals surface area (Å²) in [6.07, 6.45) is -13.9. The van der Waals surface area contributed by atoms with Crippen molar-refractivity contribution in [3.05, 3.63) is 0 Å². The van der Waals surface area contributed by atoms with Crippen LogP contribution in [-0.4, -0.2) is 223 Å². The molecular weight excluding hydrogens is 1130 g/mol. The SMILES string of the molecule is NC(CCC(=O)O)(CCC(=O)O)CCC(=O)NC(=O)CN(CCN(CC(=O)NC(CCC(=O)O)(CCC(=O)O)CCC(=O)O)CC(=O)NC(CCC(=O)O)(CCC(=O)O)CCC(=O)O)CC(=O)NC(CCC(=O)O)(CCC(=O)O)CCC(=O)O. The zero-order valence-corrected chi connectivity index (χ0v) is 46.1. The minimum atomic E-state index is -1.86. The number of aliphatic carboxylic acids is 11. The van der Waals surface area contributed by atoms with Crippen molar-refractivity contribution in [1.82, 2.24) is 31.1 Å². The van der Waals surface area contributed by atoms with Gasteiger partial charge in [0.1, 0.15) is 0 Å². The molecule has 0 bridgehead atoms. The predicted octanol–water partition coefficient (Wildman–Crippen LogP) is -1.21. The maximum absolute atomic E-state index is 14.2. The molecule has 0 aliphatic carbocycles. The smallest absolute Gasteiger partial charge is 0.303 e. The first-order valence-electron chi connectivity index (χ1n) is 26.3. The van der Waals surface area contributed by atoms with Gasteiger partial charge in [-0.3, -0.25) is 91.8 Å². The summed E-state index contributed by atoms with van der Waals surface area (Å²) < 4.78 is 0. The van der Waals surface area contributed by atoms with E-state index in [9.17, 15) is 133 Å². The van der Waals surface area contributed by atoms with Gasteiger partial charge in [-0.15, -0.1) is 0 Å². The van der Waals surface area contributed by atoms with Gasteiger partial charge in [0.15, 0.2) is 0 Å². The fourth-order valence-corrected chi connectivity index (χ4v) is 9.04. The average molecular weight is 1210 g/mol. The van der Waals surface area contributed by atoms with Gasteiger partial charge in [0, 0.05) is 112 Å². The molecule has 0 spiro atoms. The fraction of sp³-hybridized carbons (Fsp3) is 0.680. The molecule has 17 N–H and O–H groups in total. The minimum absolute atomic E-state index is 0.291. The monoisotopic (exact) mass is 1210 g/mol. The summed E-state index contributed by atoms with van der Waals surface area (Å²) in [6, 6.07) is 0. The molecule has 0 aromatic heterocycles. The van der Waals surface area contributed by atoms with Crippen LogP contribution in [0.15, 0.2) is 0 Å². The van der Waals surface area contributed by atoms with Crippen LogP contribution in [0.3, 0.4) is 0 Å². The number of rotatable bonds is 50. The van der Waals surface area contributed by atoms with E-state index in [0.29, 0.717) is 0 Å². The Morgan fingerprint density at radius 1 is 0.262 bits per heavy atom. The Balaban J connectivity index is 7.88. The molecule has 34 heteroatoms. The predicted molar refractivity (Wildman–Crippen MR) is 280 cm³/mol. The Morgan fingerprint density at radius 2 is 0.440 bits per heavy atom. The largest absolute Gasteiger partial charge is 0.481 e. The second-order valence-electron chi connectivity index (χ2n) is 20.6. The molecule has 0 fully saturated rings. The number of amides is 5. The lowest BCUT2D eigenvalue weighted by Crippen LogP contribution is -2.56. The highest BCUT2D eigenvalue weighted by Gasteiger charge is 2.38. The zero-order valence-electron chi connectivity index (χ0n) is 46.1. The summed E-state index contributed by atoms with van der Waals surface area (Å²) in [5.41, 5.74) is -0.818. The van der Waals surface area contributed by atoms with Crippen LogP contribution in [0, 0.1) is 0 Å². The number of carbonyl (C=O) groups is 16. The molecule has 34 nitrogen and oxygen atoms in total. The van der Waals surface area contributed by atoms with Gasteiger partial charge in [0.25, 0.3) is 0 Å². The van der Waals surface area contributed by atoms with Gasteiger partial charge < -0.3 is 77.9 Å². The quantitative estimate of drug-likeness (QED) is 0.0340. The maximum atomic E-state index is 14.2.